The molecule has 0 aliphatic carbocycles. The number of nitrogen functional groups attached to an aromatic ring is 1. The van der Waals surface area contributed by atoms with Crippen LogP contribution in [0, 0.1) is 24.4 Å². The first kappa shape index (κ1) is 21.7. The van der Waals surface area contributed by atoms with Gasteiger partial charge in [0.1, 0.15) is 35.2 Å². The molecule has 1 aliphatic heterocycles. The maximum atomic E-state index is 15.4. The number of halogens is 3. The highest BCUT2D eigenvalue weighted by Gasteiger charge is 2.38. The molecule has 0 bridgehead atoms. The summed E-state index contributed by atoms with van der Waals surface area (Å²) in [5.41, 5.74) is 8.83. The van der Waals surface area contributed by atoms with E-state index in [0.29, 0.717) is 27.8 Å². The smallest absolute Gasteiger partial charge is 0.324 e. The van der Waals surface area contributed by atoms with Crippen molar-refractivity contribution in [3.05, 3.63) is 71.4 Å². The highest BCUT2D eigenvalue weighted by atomic mass is 19.1. The number of rotatable bonds is 3. The lowest BCUT2D eigenvalue weighted by Gasteiger charge is -2.18. The van der Waals surface area contributed by atoms with E-state index >= 15 is 4.39 Å². The van der Waals surface area contributed by atoms with Gasteiger partial charge < -0.3 is 15.2 Å². The summed E-state index contributed by atoms with van der Waals surface area (Å²) in [6.07, 6.45) is 1.36. The first-order chi connectivity index (χ1) is 16.2. The molecule has 174 valence electrons. The van der Waals surface area contributed by atoms with Crippen molar-refractivity contribution >= 4 is 28.6 Å². The largest absolute Gasteiger partial charge is 0.383 e. The first-order valence-corrected chi connectivity index (χ1v) is 10.5. The number of nitrogens with zero attached hydrogens (tertiary/aromatic N) is 5. The van der Waals surface area contributed by atoms with Gasteiger partial charge in [-0.05, 0) is 31.2 Å². The summed E-state index contributed by atoms with van der Waals surface area (Å²) in [6, 6.07) is 6.67. The molecule has 34 heavy (non-hydrogen) atoms. The minimum absolute atomic E-state index is 0.0881. The number of amides is 2. The van der Waals surface area contributed by atoms with E-state index in [1.807, 2.05) is 18.5 Å². The third-order valence-electron chi connectivity index (χ3n) is 6.50. The highest BCUT2D eigenvalue weighted by molar-refractivity contribution is 6.03. The molecule has 1 saturated heterocycles. The average molecular weight is 466 g/mol. The Bertz CT molecular complexity index is 1470. The number of carbonyl (C=O) groups excluding carboxylic acids is 1. The van der Waals surface area contributed by atoms with Crippen molar-refractivity contribution in [2.75, 3.05) is 24.2 Å². The fraction of sp³-hybridized carbons (Fsp3) is 0.208. The van der Waals surface area contributed by atoms with Gasteiger partial charge >= 0.3 is 6.03 Å². The Morgan fingerprint density at radius 1 is 1.03 bits per heavy atom. The molecular formula is C24H21F3N6O. The quantitative estimate of drug-likeness (QED) is 0.480. The summed E-state index contributed by atoms with van der Waals surface area (Å²) in [6.45, 7) is 1.93. The molecule has 10 heteroatoms. The van der Waals surface area contributed by atoms with E-state index in [9.17, 15) is 13.6 Å². The average Bonchev–Trinajstić information content (AvgIpc) is 3.23. The van der Waals surface area contributed by atoms with Gasteiger partial charge in [-0.2, -0.15) is 0 Å². The molecule has 2 N–H and O–H groups in total. The van der Waals surface area contributed by atoms with Crippen LogP contribution in [-0.4, -0.2) is 39.1 Å². The first-order valence-electron chi connectivity index (χ1n) is 10.5. The van der Waals surface area contributed by atoms with Crippen LogP contribution in [0.1, 0.15) is 17.3 Å². The second kappa shape index (κ2) is 7.75. The summed E-state index contributed by atoms with van der Waals surface area (Å²) in [4.78, 5) is 23.9. The molecule has 2 amide bonds. The lowest BCUT2D eigenvalue weighted by atomic mass is 10.0. The van der Waals surface area contributed by atoms with Crippen LogP contribution >= 0.6 is 0 Å². The Morgan fingerprint density at radius 2 is 1.79 bits per heavy atom. The van der Waals surface area contributed by atoms with Crippen LogP contribution in [0.3, 0.4) is 0 Å². The number of nitrogens with two attached hydrogens (primary N) is 1. The van der Waals surface area contributed by atoms with Gasteiger partial charge in [0.25, 0.3) is 0 Å². The lowest BCUT2D eigenvalue weighted by molar-refractivity contribution is 0.218. The molecule has 7 nitrogen and oxygen atoms in total. The summed E-state index contributed by atoms with van der Waals surface area (Å²) in [7, 11) is 3.34. The number of hydrogen-bond acceptors (Lipinski definition) is 4. The zero-order valence-electron chi connectivity index (χ0n) is 18.7. The maximum Gasteiger partial charge on any atom is 0.324 e. The Morgan fingerprint density at radius 3 is 2.50 bits per heavy atom. The number of benzene rings is 2. The third kappa shape index (κ3) is 3.17. The molecule has 5 rings (SSSR count). The molecule has 1 fully saturated rings. The number of anilines is 2. The molecule has 2 aromatic carbocycles. The minimum atomic E-state index is -0.737. The van der Waals surface area contributed by atoms with Crippen molar-refractivity contribution in [1.29, 1.82) is 0 Å². The zero-order chi connectivity index (χ0) is 24.3. The van der Waals surface area contributed by atoms with Gasteiger partial charge in [-0.25, -0.2) is 27.9 Å². The number of likely N-dealkylation sites (N-methyl/N-ethyl adjacent to an activating group) is 1. The van der Waals surface area contributed by atoms with Gasteiger partial charge in [0.2, 0.25) is 0 Å². The maximum absolute atomic E-state index is 15.4. The predicted octanol–water partition coefficient (Wildman–Crippen LogP) is 4.56. The Kier molecular flexibility index (Phi) is 4.96. The van der Waals surface area contributed by atoms with Crippen LogP contribution in [0.2, 0.25) is 0 Å². The van der Waals surface area contributed by atoms with Crippen molar-refractivity contribution in [2.24, 2.45) is 7.05 Å². The van der Waals surface area contributed by atoms with Crippen molar-refractivity contribution in [1.82, 2.24) is 19.4 Å². The standard InChI is InChI=1S/C24H21F3N6O/c1-12-20(21-22(28)29-11-30-23(21)31(12)2)16-7-5-14(9-18(16)27)33-10-19(32(3)24(33)34)15-6-4-13(25)8-17(15)26/h4-9,11,19H,10H2,1-3H3,(H2,28,29,30). The van der Waals surface area contributed by atoms with E-state index in [0.717, 1.165) is 17.8 Å². The minimum Gasteiger partial charge on any atom is -0.383 e. The van der Waals surface area contributed by atoms with Crippen molar-refractivity contribution in [2.45, 2.75) is 13.0 Å². The lowest BCUT2D eigenvalue weighted by Crippen LogP contribution is -2.29. The number of urea groups is 1. The van der Waals surface area contributed by atoms with E-state index in [-0.39, 0.29) is 17.9 Å². The zero-order valence-corrected chi connectivity index (χ0v) is 18.7. The summed E-state index contributed by atoms with van der Waals surface area (Å²) < 4.78 is 45.0. The SMILES string of the molecule is Cc1c(-c2ccc(N3CC(c4ccc(F)cc4F)N(C)C3=O)cc2F)c2c(N)ncnc2n1C. The molecule has 1 unspecified atom stereocenters. The molecule has 0 spiro atoms. The number of hydrogen-bond donors (Lipinski definition) is 1. The van der Waals surface area contributed by atoms with E-state index in [2.05, 4.69) is 9.97 Å². The van der Waals surface area contributed by atoms with Crippen molar-refractivity contribution in [3.8, 4) is 11.1 Å². The number of carbonyl (C=O) groups is 1. The molecule has 0 saturated carbocycles. The Balaban J connectivity index is 1.54. The van der Waals surface area contributed by atoms with Crippen LogP contribution < -0.4 is 10.6 Å². The van der Waals surface area contributed by atoms with E-state index in [1.165, 1.54) is 35.3 Å². The fourth-order valence-electron chi connectivity index (χ4n) is 4.59. The fourth-order valence-corrected chi connectivity index (χ4v) is 4.59. The summed E-state index contributed by atoms with van der Waals surface area (Å²) in [5, 5.41) is 0.554. The van der Waals surface area contributed by atoms with Crippen LogP contribution in [0.4, 0.5) is 29.5 Å². The van der Waals surface area contributed by atoms with Crippen LogP contribution in [0.15, 0.2) is 42.7 Å². The van der Waals surface area contributed by atoms with Gasteiger partial charge in [0, 0.05) is 48.2 Å². The van der Waals surface area contributed by atoms with Crippen molar-refractivity contribution < 1.29 is 18.0 Å². The second-order valence-electron chi connectivity index (χ2n) is 8.33. The van der Waals surface area contributed by atoms with Crippen molar-refractivity contribution in [3.63, 3.8) is 0 Å². The third-order valence-corrected chi connectivity index (χ3v) is 6.50. The van der Waals surface area contributed by atoms with Gasteiger partial charge in [0.15, 0.2) is 0 Å². The number of aryl methyl sites for hydroxylation is 1. The highest BCUT2D eigenvalue weighted by Crippen LogP contribution is 2.39. The van der Waals surface area contributed by atoms with E-state index in [4.69, 9.17) is 5.73 Å². The van der Waals surface area contributed by atoms with Gasteiger partial charge in [-0.3, -0.25) is 4.90 Å². The molecule has 0 radical (unpaired) electrons. The van der Waals surface area contributed by atoms with Gasteiger partial charge in [-0.1, -0.05) is 6.07 Å². The molecule has 2 aromatic heterocycles. The van der Waals surface area contributed by atoms with Gasteiger partial charge in [0.05, 0.1) is 18.0 Å². The Labute approximate surface area is 193 Å². The topological polar surface area (TPSA) is 80.3 Å². The van der Waals surface area contributed by atoms with Gasteiger partial charge in [-0.15, -0.1) is 0 Å². The number of fused-ring (bicyclic) bond motifs is 1. The monoisotopic (exact) mass is 466 g/mol. The molecule has 3 heterocycles. The summed E-state index contributed by atoms with van der Waals surface area (Å²) in [5.74, 6) is -1.74. The molecular weight excluding hydrogens is 445 g/mol. The van der Waals surface area contributed by atoms with E-state index in [1.54, 1.807) is 12.1 Å². The predicted molar refractivity (Wildman–Crippen MR) is 123 cm³/mol. The second-order valence-corrected chi connectivity index (χ2v) is 8.33. The van der Waals surface area contributed by atoms with E-state index < -0.39 is 29.5 Å². The molecule has 1 atom stereocenters. The summed E-state index contributed by atoms with van der Waals surface area (Å²) >= 11 is 0. The van der Waals surface area contributed by atoms with Crippen LogP contribution in [-0.2, 0) is 7.05 Å². The normalized spacial score (nSPS) is 16.2. The Hall–Kier alpha value is -4.08. The van der Waals surface area contributed by atoms with Crippen LogP contribution in [0.5, 0.6) is 0 Å². The molecule has 1 aliphatic rings. The van der Waals surface area contributed by atoms with Crippen LogP contribution in [0.25, 0.3) is 22.2 Å². The number of aromatic nitrogens is 3. The molecule has 4 aromatic rings.